The quantitative estimate of drug-likeness (QED) is 0.335. The third-order valence-corrected chi connectivity index (χ3v) is 8.30. The summed E-state index contributed by atoms with van der Waals surface area (Å²) in [7, 11) is -8.14. The van der Waals surface area contributed by atoms with Crippen LogP contribution < -0.4 is 25.3 Å². The molecule has 0 aliphatic carbocycles. The molecule has 4 rings (SSSR count). The summed E-state index contributed by atoms with van der Waals surface area (Å²) in [6, 6.07) is 14.8. The van der Waals surface area contributed by atoms with Crippen molar-refractivity contribution < 1.29 is 25.8 Å². The van der Waals surface area contributed by atoms with Crippen molar-refractivity contribution in [3.8, 4) is 5.75 Å². The van der Waals surface area contributed by atoms with Crippen LogP contribution in [0.4, 0.5) is 24.5 Å². The minimum Gasteiger partial charge on any atom is -0.405 e. The number of benzene rings is 3. The highest BCUT2D eigenvalue weighted by Gasteiger charge is 2.50. The Morgan fingerprint density at radius 3 is 2.03 bits per heavy atom. The average Bonchev–Trinajstić information content (AvgIpc) is 2.67. The Balaban J connectivity index is 1.90. The van der Waals surface area contributed by atoms with Gasteiger partial charge in [-0.2, -0.15) is 21.6 Å². The van der Waals surface area contributed by atoms with Crippen molar-refractivity contribution in [1.29, 1.82) is 0 Å². The molecule has 32 heavy (non-hydrogen) atoms. The van der Waals surface area contributed by atoms with Crippen molar-refractivity contribution in [2.24, 2.45) is 0 Å². The SMILES string of the molecule is Cc1cc(B2Nc3cccc4cccc(c34)N2)c(OS(=O)(=O)C(F)(F)F)c([Si](C)(C)C)c1. The van der Waals surface area contributed by atoms with Gasteiger partial charge in [-0.15, -0.1) is 0 Å². The van der Waals surface area contributed by atoms with Gasteiger partial charge in [0.25, 0.3) is 0 Å². The van der Waals surface area contributed by atoms with Gasteiger partial charge >= 0.3 is 22.6 Å². The van der Waals surface area contributed by atoms with Gasteiger partial charge in [0.1, 0.15) is 5.75 Å². The van der Waals surface area contributed by atoms with Crippen LogP contribution in [0.1, 0.15) is 5.56 Å². The Labute approximate surface area is 186 Å². The first-order chi connectivity index (χ1) is 14.8. The molecule has 0 bridgehead atoms. The van der Waals surface area contributed by atoms with Gasteiger partial charge in [0.2, 0.25) is 0 Å². The molecule has 5 nitrogen and oxygen atoms in total. The maximum Gasteiger partial charge on any atom is 0.534 e. The molecule has 2 N–H and O–H groups in total. The molecule has 0 amide bonds. The van der Waals surface area contributed by atoms with E-state index in [0.717, 1.165) is 27.7 Å². The van der Waals surface area contributed by atoms with Crippen molar-refractivity contribution in [3.05, 3.63) is 54.1 Å². The second-order valence-electron chi connectivity index (χ2n) is 8.89. The van der Waals surface area contributed by atoms with Crippen LogP contribution >= 0.6 is 0 Å². The summed E-state index contributed by atoms with van der Waals surface area (Å²) in [6.45, 7) is 6.92. The summed E-state index contributed by atoms with van der Waals surface area (Å²) in [5, 5.41) is 9.05. The topological polar surface area (TPSA) is 67.4 Å². The van der Waals surface area contributed by atoms with Crippen LogP contribution in [0.2, 0.25) is 19.6 Å². The number of alkyl halides is 3. The third kappa shape index (κ3) is 3.95. The molecule has 11 heteroatoms. The molecule has 1 aliphatic rings. The van der Waals surface area contributed by atoms with Gasteiger partial charge < -0.3 is 14.6 Å². The summed E-state index contributed by atoms with van der Waals surface area (Å²) in [4.78, 5) is 0. The molecular weight excluding hydrogens is 456 g/mol. The van der Waals surface area contributed by atoms with E-state index >= 15 is 0 Å². The fraction of sp³-hybridized carbons (Fsp3) is 0.238. The number of hydrogen-bond donors (Lipinski definition) is 2. The minimum absolute atomic E-state index is 0.261. The van der Waals surface area contributed by atoms with Crippen molar-refractivity contribution in [1.82, 2.24) is 0 Å². The fourth-order valence-electron chi connectivity index (χ4n) is 3.91. The van der Waals surface area contributed by atoms with E-state index in [9.17, 15) is 21.6 Å². The molecule has 0 atom stereocenters. The summed E-state index contributed by atoms with van der Waals surface area (Å²) in [5.41, 5.74) is -2.83. The Hall–Kier alpha value is -2.66. The number of rotatable bonds is 4. The van der Waals surface area contributed by atoms with E-state index in [4.69, 9.17) is 4.18 Å². The molecule has 3 aromatic carbocycles. The molecule has 168 valence electrons. The summed E-state index contributed by atoms with van der Waals surface area (Å²) < 4.78 is 68.5. The lowest BCUT2D eigenvalue weighted by atomic mass is 9.65. The van der Waals surface area contributed by atoms with Crippen molar-refractivity contribution in [3.63, 3.8) is 0 Å². The number of aryl methyl sites for hydroxylation is 1. The number of halogens is 3. The van der Waals surface area contributed by atoms with E-state index in [-0.39, 0.29) is 5.75 Å². The van der Waals surface area contributed by atoms with Gasteiger partial charge in [0, 0.05) is 22.2 Å². The monoisotopic (exact) mass is 478 g/mol. The first-order valence-electron chi connectivity index (χ1n) is 9.98. The lowest BCUT2D eigenvalue weighted by Gasteiger charge is -2.30. The number of hydrogen-bond acceptors (Lipinski definition) is 5. The highest BCUT2D eigenvalue weighted by atomic mass is 32.2. The van der Waals surface area contributed by atoms with Gasteiger partial charge in [-0.3, -0.25) is 0 Å². The first-order valence-corrected chi connectivity index (χ1v) is 14.9. The second kappa shape index (κ2) is 7.45. The van der Waals surface area contributed by atoms with Gasteiger partial charge in [-0.05, 0) is 29.6 Å². The lowest BCUT2D eigenvalue weighted by molar-refractivity contribution is -0.0499. The Bertz CT molecular complexity index is 1280. The van der Waals surface area contributed by atoms with E-state index in [1.165, 1.54) is 0 Å². The second-order valence-corrected chi connectivity index (χ2v) is 15.5. The van der Waals surface area contributed by atoms with Crippen LogP contribution in [0.5, 0.6) is 5.75 Å². The molecular formula is C21H22BF3N2O3SSi. The Morgan fingerprint density at radius 1 is 0.969 bits per heavy atom. The standard InChI is InChI=1S/C21H22BF3N2O3SSi/c1-13-11-15(20(18(12-13)32(2,3)4)30-31(28,29)21(23,24)25)22-26-16-9-5-7-14-8-6-10-17(27-22)19(14)16/h5-12,26-27H,1-4H3. The molecule has 0 radical (unpaired) electrons. The largest absolute Gasteiger partial charge is 0.534 e. The van der Waals surface area contributed by atoms with E-state index in [0.29, 0.717) is 10.6 Å². The zero-order valence-corrected chi connectivity index (χ0v) is 19.8. The van der Waals surface area contributed by atoms with Crippen molar-refractivity contribution in [2.45, 2.75) is 32.1 Å². The molecule has 0 fully saturated rings. The van der Waals surface area contributed by atoms with Crippen LogP contribution in [0.25, 0.3) is 10.8 Å². The zero-order valence-electron chi connectivity index (χ0n) is 18.0. The van der Waals surface area contributed by atoms with Gasteiger partial charge in [0.05, 0.1) is 8.07 Å². The van der Waals surface area contributed by atoms with E-state index in [1.54, 1.807) is 12.1 Å². The summed E-state index contributed by atoms with van der Waals surface area (Å²) in [6.07, 6.45) is 0. The number of anilines is 2. The maximum atomic E-state index is 13.2. The third-order valence-electron chi connectivity index (χ3n) is 5.36. The average molecular weight is 478 g/mol. The summed E-state index contributed by atoms with van der Waals surface area (Å²) in [5.74, 6) is -0.261. The first kappa shape index (κ1) is 22.5. The molecule has 0 saturated heterocycles. The number of nitrogens with one attached hydrogen (secondary N) is 2. The Morgan fingerprint density at radius 2 is 1.53 bits per heavy atom. The minimum atomic E-state index is -5.84. The van der Waals surface area contributed by atoms with Crippen molar-refractivity contribution in [2.75, 3.05) is 10.5 Å². The van der Waals surface area contributed by atoms with Crippen LogP contribution in [0.3, 0.4) is 0 Å². The molecule has 0 spiro atoms. The molecule has 0 aromatic heterocycles. The molecule has 1 heterocycles. The zero-order chi connectivity index (χ0) is 23.5. The van der Waals surface area contributed by atoms with Crippen LogP contribution in [0.15, 0.2) is 48.5 Å². The lowest BCUT2D eigenvalue weighted by Crippen LogP contribution is -2.52. The normalized spacial score (nSPS) is 14.2. The molecule has 3 aromatic rings. The van der Waals surface area contributed by atoms with Crippen LogP contribution in [-0.4, -0.2) is 29.0 Å². The fourth-order valence-corrected chi connectivity index (χ4v) is 6.02. The highest BCUT2D eigenvalue weighted by Crippen LogP contribution is 2.35. The highest BCUT2D eigenvalue weighted by molar-refractivity contribution is 7.88. The predicted molar refractivity (Wildman–Crippen MR) is 126 cm³/mol. The van der Waals surface area contributed by atoms with E-state index in [2.05, 4.69) is 10.5 Å². The molecule has 0 saturated carbocycles. The van der Waals surface area contributed by atoms with Crippen molar-refractivity contribution >= 4 is 58.0 Å². The molecule has 0 unspecified atom stereocenters. The van der Waals surface area contributed by atoms with Crippen LogP contribution in [-0.2, 0) is 10.1 Å². The van der Waals surface area contributed by atoms with E-state index < -0.39 is 30.7 Å². The van der Waals surface area contributed by atoms with E-state index in [1.807, 2.05) is 63.0 Å². The van der Waals surface area contributed by atoms with Gasteiger partial charge in [-0.25, -0.2) is 0 Å². The Kier molecular flexibility index (Phi) is 5.24. The maximum absolute atomic E-state index is 13.2. The van der Waals surface area contributed by atoms with Gasteiger partial charge in [0.15, 0.2) is 0 Å². The van der Waals surface area contributed by atoms with Crippen LogP contribution in [0, 0.1) is 6.92 Å². The smallest absolute Gasteiger partial charge is 0.405 e. The molecule has 1 aliphatic heterocycles. The summed E-state index contributed by atoms with van der Waals surface area (Å²) >= 11 is 0. The predicted octanol–water partition coefficient (Wildman–Crippen LogP) is 4.15. The van der Waals surface area contributed by atoms with Gasteiger partial charge in [-0.1, -0.05) is 61.6 Å².